The minimum atomic E-state index is 0.218. The Bertz CT molecular complexity index is 959. The van der Waals surface area contributed by atoms with Crippen molar-refractivity contribution in [1.29, 1.82) is 0 Å². The summed E-state index contributed by atoms with van der Waals surface area (Å²) in [6.45, 7) is 0.624. The van der Waals surface area contributed by atoms with Crippen LogP contribution in [0.3, 0.4) is 0 Å². The number of nitrogens with one attached hydrogen (secondary N) is 1. The Morgan fingerprint density at radius 1 is 1.25 bits per heavy atom. The minimum Gasteiger partial charge on any atom is -0.493 e. The van der Waals surface area contributed by atoms with E-state index in [9.17, 15) is 0 Å². The second-order valence-electron chi connectivity index (χ2n) is 6.77. The van der Waals surface area contributed by atoms with Gasteiger partial charge in [0.2, 0.25) is 0 Å². The second-order valence-corrected chi connectivity index (χ2v) is 7.21. The van der Waals surface area contributed by atoms with Gasteiger partial charge in [0.05, 0.1) is 26.1 Å². The summed E-state index contributed by atoms with van der Waals surface area (Å²) >= 11 is 6.25. The lowest BCUT2D eigenvalue weighted by Gasteiger charge is -2.25. The Morgan fingerprint density at radius 3 is 2.89 bits per heavy atom. The van der Waals surface area contributed by atoms with Crippen molar-refractivity contribution in [2.24, 2.45) is 0 Å². The number of benzene rings is 1. The van der Waals surface area contributed by atoms with Crippen LogP contribution < -0.4 is 14.8 Å². The molecule has 4 rings (SSSR count). The first kappa shape index (κ1) is 18.8. The van der Waals surface area contributed by atoms with E-state index in [-0.39, 0.29) is 6.04 Å². The lowest BCUT2D eigenvalue weighted by Crippen LogP contribution is -2.25. The number of methoxy groups -OCH3 is 2. The largest absolute Gasteiger partial charge is 0.493 e. The first-order chi connectivity index (χ1) is 13.7. The zero-order valence-corrected chi connectivity index (χ0v) is 16.7. The molecule has 0 fully saturated rings. The Balaban J connectivity index is 1.58. The van der Waals surface area contributed by atoms with Gasteiger partial charge in [0.1, 0.15) is 0 Å². The molecule has 0 saturated heterocycles. The fourth-order valence-corrected chi connectivity index (χ4v) is 4.05. The molecule has 0 spiro atoms. The first-order valence-corrected chi connectivity index (χ1v) is 9.71. The maximum Gasteiger partial charge on any atom is 0.165 e. The molecule has 0 bridgehead atoms. The van der Waals surface area contributed by atoms with Gasteiger partial charge < -0.3 is 14.8 Å². The standard InChI is InChI=1S/C21H23ClN4O2/c1-27-19-11-15(22)10-14(21(19)28-2)12-24-17-6-5-7-18-16(17)13-25-26(18)20-8-3-4-9-23-20/h3-4,8-11,13,17,24H,5-7,12H2,1-2H3. The lowest BCUT2D eigenvalue weighted by atomic mass is 9.92. The van der Waals surface area contributed by atoms with E-state index in [0.29, 0.717) is 23.1 Å². The van der Waals surface area contributed by atoms with Crippen LogP contribution in [-0.4, -0.2) is 29.0 Å². The van der Waals surface area contributed by atoms with Crippen molar-refractivity contribution in [3.05, 3.63) is 64.6 Å². The summed E-state index contributed by atoms with van der Waals surface area (Å²) in [6, 6.07) is 9.77. The predicted octanol–water partition coefficient (Wildman–Crippen LogP) is 4.11. The molecule has 7 heteroatoms. The highest BCUT2D eigenvalue weighted by molar-refractivity contribution is 6.30. The normalized spacial score (nSPS) is 15.9. The van der Waals surface area contributed by atoms with Crippen molar-refractivity contribution in [3.63, 3.8) is 0 Å². The van der Waals surface area contributed by atoms with Crippen molar-refractivity contribution in [3.8, 4) is 17.3 Å². The smallest absolute Gasteiger partial charge is 0.165 e. The SMILES string of the molecule is COc1cc(Cl)cc(CNC2CCCc3c2cnn3-c2ccccn2)c1OC. The summed E-state index contributed by atoms with van der Waals surface area (Å²) in [5, 5.41) is 8.87. The number of hydrogen-bond acceptors (Lipinski definition) is 5. The van der Waals surface area contributed by atoms with E-state index >= 15 is 0 Å². The first-order valence-electron chi connectivity index (χ1n) is 9.33. The Hall–Kier alpha value is -2.57. The number of rotatable bonds is 6. The molecule has 1 N–H and O–H groups in total. The van der Waals surface area contributed by atoms with Gasteiger partial charge in [-0.05, 0) is 37.5 Å². The highest BCUT2D eigenvalue weighted by Crippen LogP contribution is 2.36. The van der Waals surface area contributed by atoms with Crippen molar-refractivity contribution in [2.45, 2.75) is 31.8 Å². The molecule has 6 nitrogen and oxygen atoms in total. The summed E-state index contributed by atoms with van der Waals surface area (Å²) < 4.78 is 12.9. The fraction of sp³-hybridized carbons (Fsp3) is 0.333. The molecule has 0 aliphatic heterocycles. The highest BCUT2D eigenvalue weighted by Gasteiger charge is 2.25. The fourth-order valence-electron chi connectivity index (χ4n) is 3.82. The zero-order chi connectivity index (χ0) is 19.5. The van der Waals surface area contributed by atoms with Gasteiger partial charge in [0.15, 0.2) is 17.3 Å². The molecule has 1 unspecified atom stereocenters. The molecule has 1 aromatic carbocycles. The topological polar surface area (TPSA) is 61.2 Å². The monoisotopic (exact) mass is 398 g/mol. The van der Waals surface area contributed by atoms with Gasteiger partial charge in [-0.15, -0.1) is 0 Å². The van der Waals surface area contributed by atoms with Crippen LogP contribution in [0.15, 0.2) is 42.7 Å². The number of halogens is 1. The van der Waals surface area contributed by atoms with Gasteiger partial charge in [-0.2, -0.15) is 5.10 Å². The average Bonchev–Trinajstić information content (AvgIpc) is 3.17. The Labute approximate surface area is 169 Å². The van der Waals surface area contributed by atoms with Gasteiger partial charge in [-0.25, -0.2) is 9.67 Å². The second kappa shape index (κ2) is 8.20. The number of aromatic nitrogens is 3. The molecule has 3 aromatic rings. The Morgan fingerprint density at radius 2 is 2.14 bits per heavy atom. The summed E-state index contributed by atoms with van der Waals surface area (Å²) in [5.41, 5.74) is 3.42. The van der Waals surface area contributed by atoms with Crippen LogP contribution in [-0.2, 0) is 13.0 Å². The van der Waals surface area contributed by atoms with Crippen LogP contribution in [0.4, 0.5) is 0 Å². The van der Waals surface area contributed by atoms with Crippen molar-refractivity contribution >= 4 is 11.6 Å². The van der Waals surface area contributed by atoms with E-state index in [1.165, 1.54) is 11.3 Å². The summed E-state index contributed by atoms with van der Waals surface area (Å²) in [5.74, 6) is 2.20. The van der Waals surface area contributed by atoms with E-state index in [2.05, 4.69) is 15.4 Å². The maximum absolute atomic E-state index is 6.25. The van der Waals surface area contributed by atoms with Crippen molar-refractivity contribution in [2.75, 3.05) is 14.2 Å². The average molecular weight is 399 g/mol. The molecule has 0 amide bonds. The van der Waals surface area contributed by atoms with E-state index < -0.39 is 0 Å². The molecule has 0 saturated carbocycles. The van der Waals surface area contributed by atoms with Crippen molar-refractivity contribution < 1.29 is 9.47 Å². The van der Waals surface area contributed by atoms with Crippen LogP contribution in [0.2, 0.25) is 5.02 Å². The molecule has 0 radical (unpaired) electrons. The van der Waals surface area contributed by atoms with Crippen LogP contribution in [0.5, 0.6) is 11.5 Å². The van der Waals surface area contributed by atoms with E-state index in [1.807, 2.05) is 35.1 Å². The third-order valence-corrected chi connectivity index (χ3v) is 5.33. The van der Waals surface area contributed by atoms with Gasteiger partial charge in [-0.1, -0.05) is 17.7 Å². The van der Waals surface area contributed by atoms with Gasteiger partial charge in [0, 0.05) is 41.0 Å². The van der Waals surface area contributed by atoms with E-state index in [0.717, 1.165) is 30.6 Å². The van der Waals surface area contributed by atoms with E-state index in [1.54, 1.807) is 26.5 Å². The molecule has 1 atom stereocenters. The minimum absolute atomic E-state index is 0.218. The molecule has 146 valence electrons. The predicted molar refractivity (Wildman–Crippen MR) is 108 cm³/mol. The number of nitrogens with zero attached hydrogens (tertiary/aromatic N) is 3. The van der Waals surface area contributed by atoms with Crippen LogP contribution in [0, 0.1) is 0 Å². The number of hydrogen-bond donors (Lipinski definition) is 1. The number of pyridine rings is 1. The number of fused-ring (bicyclic) bond motifs is 1. The van der Waals surface area contributed by atoms with E-state index in [4.69, 9.17) is 21.1 Å². The molecular weight excluding hydrogens is 376 g/mol. The maximum atomic E-state index is 6.25. The van der Waals surface area contributed by atoms with Crippen LogP contribution in [0.25, 0.3) is 5.82 Å². The lowest BCUT2D eigenvalue weighted by molar-refractivity contribution is 0.349. The quantitative estimate of drug-likeness (QED) is 0.677. The third-order valence-electron chi connectivity index (χ3n) is 5.11. The number of ether oxygens (including phenoxy) is 2. The highest BCUT2D eigenvalue weighted by atomic mass is 35.5. The molecule has 2 heterocycles. The molecule has 1 aliphatic carbocycles. The molecule has 2 aromatic heterocycles. The third kappa shape index (κ3) is 3.57. The van der Waals surface area contributed by atoms with Gasteiger partial charge in [-0.3, -0.25) is 0 Å². The van der Waals surface area contributed by atoms with Gasteiger partial charge >= 0.3 is 0 Å². The molecule has 28 heavy (non-hydrogen) atoms. The molecule has 1 aliphatic rings. The zero-order valence-electron chi connectivity index (χ0n) is 16.0. The van der Waals surface area contributed by atoms with Crippen LogP contribution in [0.1, 0.15) is 35.7 Å². The molecular formula is C21H23ClN4O2. The van der Waals surface area contributed by atoms with Gasteiger partial charge in [0.25, 0.3) is 0 Å². The summed E-state index contributed by atoms with van der Waals surface area (Å²) in [7, 11) is 3.26. The van der Waals surface area contributed by atoms with Crippen molar-refractivity contribution in [1.82, 2.24) is 20.1 Å². The van der Waals surface area contributed by atoms with Crippen LogP contribution >= 0.6 is 11.6 Å². The Kier molecular flexibility index (Phi) is 5.50. The summed E-state index contributed by atoms with van der Waals surface area (Å²) in [4.78, 5) is 4.43. The summed E-state index contributed by atoms with van der Waals surface area (Å²) in [6.07, 6.45) is 6.90.